The van der Waals surface area contributed by atoms with Gasteiger partial charge < -0.3 is 5.73 Å². The second-order valence-electron chi connectivity index (χ2n) is 2.49. The smallest absolute Gasteiger partial charge is 0.235 e. The maximum atomic E-state index is 10.7. The molecule has 1 atom stereocenters. The minimum absolute atomic E-state index is 0.00218. The van der Waals surface area contributed by atoms with Crippen LogP contribution in [0.25, 0.3) is 0 Å². The molecule has 0 aromatic carbocycles. The molecule has 0 heterocycles. The third kappa shape index (κ3) is 5.15. The van der Waals surface area contributed by atoms with Crippen LogP contribution >= 0.6 is 11.8 Å². The van der Waals surface area contributed by atoms with Gasteiger partial charge in [0.25, 0.3) is 0 Å². The van der Waals surface area contributed by atoms with Crippen LogP contribution in [0.15, 0.2) is 0 Å². The Labute approximate surface area is 76.3 Å². The fraction of sp³-hybridized carbons (Fsp3) is 0.714. The zero-order valence-electron chi connectivity index (χ0n) is 7.29. The largest absolute Gasteiger partial charge is 0.368 e. The van der Waals surface area contributed by atoms with Gasteiger partial charge in [-0.2, -0.15) is 11.8 Å². The molecular formula is C7H14N2O2S. The van der Waals surface area contributed by atoms with Crippen LogP contribution in [0.3, 0.4) is 0 Å². The minimum Gasteiger partial charge on any atom is -0.368 e. The molecule has 0 aromatic rings. The second-order valence-corrected chi connectivity index (χ2v) is 3.40. The maximum Gasteiger partial charge on any atom is 0.235 e. The van der Waals surface area contributed by atoms with Crippen molar-refractivity contribution in [1.82, 2.24) is 5.32 Å². The maximum absolute atomic E-state index is 10.7. The van der Waals surface area contributed by atoms with Crippen LogP contribution < -0.4 is 11.1 Å². The van der Waals surface area contributed by atoms with Gasteiger partial charge >= 0.3 is 0 Å². The van der Waals surface area contributed by atoms with Crippen molar-refractivity contribution in [1.29, 1.82) is 0 Å². The molecule has 0 aliphatic rings. The number of hydrogen-bond donors (Lipinski definition) is 2. The van der Waals surface area contributed by atoms with Crippen molar-refractivity contribution >= 4 is 23.5 Å². The fourth-order valence-electron chi connectivity index (χ4n) is 0.675. The number of carbonyl (C=O) groups is 2. The summed E-state index contributed by atoms with van der Waals surface area (Å²) >= 11 is 1.52. The standard InChI is InChI=1S/C7H14N2O2S/c1-5(10)3-9-6(4-12-2)7(8)11/h6,9H,3-4H2,1-2H3,(H2,8,11). The van der Waals surface area contributed by atoms with Crippen molar-refractivity contribution < 1.29 is 9.59 Å². The van der Waals surface area contributed by atoms with Gasteiger partial charge in [0.1, 0.15) is 5.78 Å². The predicted molar refractivity (Wildman–Crippen MR) is 50.0 cm³/mol. The summed E-state index contributed by atoms with van der Waals surface area (Å²) in [5.74, 6) is 0.191. The molecule has 0 saturated carbocycles. The molecule has 0 saturated heterocycles. The van der Waals surface area contributed by atoms with Crippen LogP contribution in [0.2, 0.25) is 0 Å². The van der Waals surface area contributed by atoms with E-state index >= 15 is 0 Å². The Morgan fingerprint density at radius 3 is 2.50 bits per heavy atom. The summed E-state index contributed by atoms with van der Waals surface area (Å²) < 4.78 is 0. The lowest BCUT2D eigenvalue weighted by atomic mass is 10.3. The van der Waals surface area contributed by atoms with Gasteiger partial charge in [-0.05, 0) is 13.2 Å². The molecule has 4 nitrogen and oxygen atoms in total. The molecular weight excluding hydrogens is 176 g/mol. The van der Waals surface area contributed by atoms with Crippen molar-refractivity contribution in [3.8, 4) is 0 Å². The van der Waals surface area contributed by atoms with Crippen LogP contribution in [0.5, 0.6) is 0 Å². The molecule has 5 heteroatoms. The predicted octanol–water partition coefficient (Wildman–Crippen LogP) is -0.618. The molecule has 0 bridgehead atoms. The number of nitrogens with two attached hydrogens (primary N) is 1. The topological polar surface area (TPSA) is 72.2 Å². The molecule has 12 heavy (non-hydrogen) atoms. The number of ketones is 1. The van der Waals surface area contributed by atoms with Gasteiger partial charge in [-0.3, -0.25) is 14.9 Å². The number of carbonyl (C=O) groups excluding carboxylic acids is 2. The number of hydrogen-bond acceptors (Lipinski definition) is 4. The van der Waals surface area contributed by atoms with Gasteiger partial charge in [-0.1, -0.05) is 0 Å². The number of primary amides is 1. The van der Waals surface area contributed by atoms with Crippen molar-refractivity contribution in [2.45, 2.75) is 13.0 Å². The summed E-state index contributed by atoms with van der Waals surface area (Å²) in [6.07, 6.45) is 1.88. The van der Waals surface area contributed by atoms with Gasteiger partial charge in [0.2, 0.25) is 5.91 Å². The van der Waals surface area contributed by atoms with E-state index in [1.807, 2.05) is 6.26 Å². The zero-order chi connectivity index (χ0) is 9.56. The number of Topliss-reactive ketones (excluding diaryl/α,β-unsaturated/α-hetero) is 1. The summed E-state index contributed by atoms with van der Waals surface area (Å²) in [4.78, 5) is 21.3. The SMILES string of the molecule is CSCC(NCC(C)=O)C(N)=O. The van der Waals surface area contributed by atoms with Crippen LogP contribution in [-0.2, 0) is 9.59 Å². The Bertz CT molecular complexity index is 173. The summed E-state index contributed by atoms with van der Waals surface area (Å²) in [5.41, 5.74) is 5.08. The van der Waals surface area contributed by atoms with Gasteiger partial charge in [0.15, 0.2) is 0 Å². The average molecular weight is 190 g/mol. The molecule has 0 aromatic heterocycles. The molecule has 0 aliphatic carbocycles. The van der Waals surface area contributed by atoms with Crippen molar-refractivity contribution in [2.75, 3.05) is 18.6 Å². The van der Waals surface area contributed by atoms with E-state index in [9.17, 15) is 9.59 Å². The lowest BCUT2D eigenvalue weighted by Crippen LogP contribution is -2.44. The van der Waals surface area contributed by atoms with Crippen LogP contribution in [0.4, 0.5) is 0 Å². The highest BCUT2D eigenvalue weighted by molar-refractivity contribution is 7.98. The van der Waals surface area contributed by atoms with Crippen LogP contribution in [-0.4, -0.2) is 36.3 Å². The molecule has 70 valence electrons. The van der Waals surface area contributed by atoms with Crippen molar-refractivity contribution in [3.05, 3.63) is 0 Å². The molecule has 0 spiro atoms. The number of nitrogens with one attached hydrogen (secondary N) is 1. The number of thioether (sulfide) groups is 1. The molecule has 0 radical (unpaired) electrons. The number of amides is 1. The van der Waals surface area contributed by atoms with E-state index in [2.05, 4.69) is 5.32 Å². The van der Waals surface area contributed by atoms with E-state index < -0.39 is 11.9 Å². The van der Waals surface area contributed by atoms with Crippen LogP contribution in [0.1, 0.15) is 6.92 Å². The Hall–Kier alpha value is -0.550. The Kier molecular flexibility index (Phi) is 5.74. The molecule has 0 rings (SSSR count). The lowest BCUT2D eigenvalue weighted by Gasteiger charge is -2.12. The third-order valence-electron chi connectivity index (χ3n) is 1.27. The number of rotatable bonds is 6. The average Bonchev–Trinajstić information content (AvgIpc) is 1.96. The first-order chi connectivity index (χ1) is 5.57. The summed E-state index contributed by atoms with van der Waals surface area (Å²) in [6.45, 7) is 1.66. The van der Waals surface area contributed by atoms with Gasteiger partial charge in [-0.25, -0.2) is 0 Å². The summed E-state index contributed by atoms with van der Waals surface area (Å²) in [5, 5.41) is 2.77. The van der Waals surface area contributed by atoms with E-state index in [1.54, 1.807) is 0 Å². The first-order valence-corrected chi connectivity index (χ1v) is 4.98. The highest BCUT2D eigenvalue weighted by Gasteiger charge is 2.13. The quantitative estimate of drug-likeness (QED) is 0.585. The molecule has 1 unspecified atom stereocenters. The Morgan fingerprint density at radius 1 is 1.58 bits per heavy atom. The second kappa shape index (κ2) is 6.02. The Balaban J connectivity index is 3.79. The van der Waals surface area contributed by atoms with E-state index in [4.69, 9.17) is 5.73 Å². The molecule has 3 N–H and O–H groups in total. The minimum atomic E-state index is -0.411. The van der Waals surface area contributed by atoms with Gasteiger partial charge in [0, 0.05) is 5.75 Å². The molecule has 0 aliphatic heterocycles. The first-order valence-electron chi connectivity index (χ1n) is 3.59. The van der Waals surface area contributed by atoms with E-state index in [-0.39, 0.29) is 12.3 Å². The highest BCUT2D eigenvalue weighted by Crippen LogP contribution is 1.95. The lowest BCUT2D eigenvalue weighted by molar-refractivity contribution is -0.120. The van der Waals surface area contributed by atoms with Crippen molar-refractivity contribution in [2.24, 2.45) is 5.73 Å². The first kappa shape index (κ1) is 11.4. The highest BCUT2D eigenvalue weighted by atomic mass is 32.2. The van der Waals surface area contributed by atoms with Crippen molar-refractivity contribution in [3.63, 3.8) is 0 Å². The van der Waals surface area contributed by atoms with Crippen LogP contribution in [0, 0.1) is 0 Å². The Morgan fingerprint density at radius 2 is 2.17 bits per heavy atom. The molecule has 1 amide bonds. The zero-order valence-corrected chi connectivity index (χ0v) is 8.11. The fourth-order valence-corrected chi connectivity index (χ4v) is 1.29. The van der Waals surface area contributed by atoms with Gasteiger partial charge in [0.05, 0.1) is 12.6 Å². The van der Waals surface area contributed by atoms with Gasteiger partial charge in [-0.15, -0.1) is 0 Å². The van der Waals surface area contributed by atoms with E-state index in [0.717, 1.165) is 0 Å². The molecule has 0 fully saturated rings. The monoisotopic (exact) mass is 190 g/mol. The third-order valence-corrected chi connectivity index (χ3v) is 1.94. The summed E-state index contributed by atoms with van der Waals surface area (Å²) in [6, 6.07) is -0.399. The van der Waals surface area contributed by atoms with E-state index in [0.29, 0.717) is 5.75 Å². The summed E-state index contributed by atoms with van der Waals surface area (Å²) in [7, 11) is 0. The van der Waals surface area contributed by atoms with E-state index in [1.165, 1.54) is 18.7 Å². The normalized spacial score (nSPS) is 12.5.